The van der Waals surface area contributed by atoms with E-state index in [1.807, 2.05) is 76.2 Å². The van der Waals surface area contributed by atoms with E-state index in [1.165, 1.54) is 83.6 Å². The van der Waals surface area contributed by atoms with Crippen LogP contribution in [0.2, 0.25) is 0 Å². The number of amides is 10. The van der Waals surface area contributed by atoms with Gasteiger partial charge in [-0.2, -0.15) is 0 Å². The summed E-state index contributed by atoms with van der Waals surface area (Å²) in [5, 5.41) is 11.8. The molecule has 82 heavy (non-hydrogen) atoms. The van der Waals surface area contributed by atoms with Crippen LogP contribution >= 0.6 is 12.2 Å². The number of nitrogens with zero attached hydrogens (tertiary/aromatic N) is 7. The Hall–Kier alpha value is -5.41. The van der Waals surface area contributed by atoms with E-state index >= 15 is 4.79 Å². The average Bonchev–Trinajstić information content (AvgIpc) is 3.47. The first-order chi connectivity index (χ1) is 37.7. The second kappa shape index (κ2) is 33.8. The van der Waals surface area contributed by atoms with Gasteiger partial charge in [-0.3, -0.25) is 47.9 Å². The van der Waals surface area contributed by atoms with E-state index in [1.54, 1.807) is 41.5 Å². The Balaban J connectivity index is 4.23. The van der Waals surface area contributed by atoms with Crippen molar-refractivity contribution in [1.82, 2.24) is 55.6 Å². The summed E-state index contributed by atoms with van der Waals surface area (Å²) < 4.78 is 0. The van der Waals surface area contributed by atoms with Gasteiger partial charge in [-0.1, -0.05) is 122 Å². The van der Waals surface area contributed by atoms with Crippen molar-refractivity contribution >= 4 is 76.3 Å². The van der Waals surface area contributed by atoms with E-state index in [9.17, 15) is 43.2 Å². The second-order valence-electron chi connectivity index (χ2n) is 25.9. The summed E-state index contributed by atoms with van der Waals surface area (Å²) in [6, 6.07) is -10.4. The molecule has 0 aromatic carbocycles. The van der Waals surface area contributed by atoms with Crippen molar-refractivity contribution < 1.29 is 47.9 Å². The molecular weight excluding hydrogens is 1070 g/mol. The summed E-state index contributed by atoms with van der Waals surface area (Å²) >= 11 is 5.78. The fourth-order valence-electron chi connectivity index (χ4n) is 10.4. The standard InChI is InChI=1S/C60H109N11O10S/c1-25-26-42-56(77)65(18)32-48(72)66(19)43(27-33(2)3)53(75)64-49(38(12)13)59(80)67(20)44(28-34(4)5)51(73)61-40(16)54(82)62-41(17)55(76)69(22)46(30-36(8)9)57(78)70(23)47(31-37(10)11)58(79)71(24)50(39(14)15)60(81)68(21)45(29-35(6)7)52(74)63-42/h33-47,49-50H,25-32H2,1-24H3,(H,61,73)(H,62,82)(H,63,74)(H,64,75)/t40-,41+,42+,43+,44+,45+,46+,47+,49+,50+/m1/s1. The number of nitrogens with one attached hydrogen (secondary N) is 4. The first kappa shape index (κ1) is 74.6. The zero-order chi connectivity index (χ0) is 63.7. The minimum atomic E-state index is -1.12. The van der Waals surface area contributed by atoms with Gasteiger partial charge in [0.1, 0.15) is 54.4 Å². The molecule has 0 aromatic rings. The molecule has 1 aliphatic rings. The number of carbonyl (C=O) groups is 10. The zero-order valence-corrected chi connectivity index (χ0v) is 55.4. The van der Waals surface area contributed by atoms with Crippen molar-refractivity contribution in [1.29, 1.82) is 0 Å². The molecule has 10 atom stereocenters. The van der Waals surface area contributed by atoms with Gasteiger partial charge in [-0.25, -0.2) is 0 Å². The van der Waals surface area contributed by atoms with Crippen molar-refractivity contribution in [2.75, 3.05) is 55.9 Å². The van der Waals surface area contributed by atoms with Crippen LogP contribution in [0.15, 0.2) is 0 Å². The van der Waals surface area contributed by atoms with Crippen LogP contribution in [0.25, 0.3) is 0 Å². The maximum Gasteiger partial charge on any atom is 0.246 e. The van der Waals surface area contributed by atoms with Gasteiger partial charge >= 0.3 is 0 Å². The molecule has 10 amide bonds. The number of hydrogen-bond acceptors (Lipinski definition) is 11. The van der Waals surface area contributed by atoms with Crippen molar-refractivity contribution in [3.8, 4) is 0 Å². The van der Waals surface area contributed by atoms with E-state index in [0.29, 0.717) is 6.42 Å². The molecule has 0 bridgehead atoms. The molecule has 1 saturated heterocycles. The quantitative estimate of drug-likeness (QED) is 0.175. The Bertz CT molecular complexity index is 2210. The summed E-state index contributed by atoms with van der Waals surface area (Å²) in [5.41, 5.74) is 0. The molecule has 21 nitrogen and oxygen atoms in total. The average molecular weight is 1180 g/mol. The smallest absolute Gasteiger partial charge is 0.246 e. The highest BCUT2D eigenvalue weighted by Gasteiger charge is 2.44. The Morgan fingerprint density at radius 2 is 0.780 bits per heavy atom. The maximum absolute atomic E-state index is 15.0. The second-order valence-corrected chi connectivity index (χ2v) is 26.3. The SMILES string of the molecule is CCC[C@@H]1NC(=O)[C@H](CC(C)C)N(C)C(=O)[C@H](C(C)C)N(C)C(=O)[C@H](CC(C)C)N(C)C(=O)[C@H](CC(C)C)N(C)C(=O)[C@H](C)NC(=S)[C@@H](C)NC(=O)[C@H](CC(C)C)N(C)C(=O)[C@H](C(C)C)NC(=O)[C@H](CC(C)C)N(C)C(=O)CN(C)C1=O. The zero-order valence-electron chi connectivity index (χ0n) is 54.6. The third kappa shape index (κ3) is 21.3. The highest BCUT2D eigenvalue weighted by molar-refractivity contribution is 7.80. The Morgan fingerprint density at radius 3 is 1.20 bits per heavy atom. The molecule has 22 heteroatoms. The van der Waals surface area contributed by atoms with Gasteiger partial charge in [0.2, 0.25) is 59.1 Å². The van der Waals surface area contributed by atoms with Crippen molar-refractivity contribution in [2.24, 2.45) is 41.4 Å². The maximum atomic E-state index is 15.0. The lowest BCUT2D eigenvalue weighted by atomic mass is 9.94. The molecule has 470 valence electrons. The van der Waals surface area contributed by atoms with Gasteiger partial charge in [-0.05, 0) is 93.8 Å². The van der Waals surface area contributed by atoms with Gasteiger partial charge in [0, 0.05) is 49.3 Å². The fourth-order valence-corrected chi connectivity index (χ4v) is 10.7. The number of rotatable bonds is 14. The molecule has 0 saturated carbocycles. The topological polar surface area (TPSA) is 242 Å². The predicted molar refractivity (Wildman–Crippen MR) is 326 cm³/mol. The lowest BCUT2D eigenvalue weighted by Gasteiger charge is -2.41. The van der Waals surface area contributed by atoms with Gasteiger partial charge in [-0.15, -0.1) is 0 Å². The van der Waals surface area contributed by atoms with Crippen LogP contribution in [0.3, 0.4) is 0 Å². The first-order valence-corrected chi connectivity index (χ1v) is 30.2. The van der Waals surface area contributed by atoms with E-state index < -0.39 is 138 Å². The molecule has 1 rings (SSSR count). The minimum Gasteiger partial charge on any atom is -0.367 e. The van der Waals surface area contributed by atoms with E-state index in [-0.39, 0.29) is 73.1 Å². The predicted octanol–water partition coefficient (Wildman–Crippen LogP) is 4.54. The van der Waals surface area contributed by atoms with Crippen molar-refractivity contribution in [3.63, 3.8) is 0 Å². The third-order valence-corrected chi connectivity index (χ3v) is 15.8. The fraction of sp³-hybridized carbons (Fsp3) is 0.817. The Morgan fingerprint density at radius 1 is 0.415 bits per heavy atom. The van der Waals surface area contributed by atoms with Gasteiger partial charge in [0.25, 0.3) is 0 Å². The number of carbonyl (C=O) groups excluding carboxylic acids is 10. The van der Waals surface area contributed by atoms with Crippen molar-refractivity contribution in [3.05, 3.63) is 0 Å². The van der Waals surface area contributed by atoms with Crippen LogP contribution in [0, 0.1) is 41.4 Å². The molecule has 0 spiro atoms. The molecule has 4 N–H and O–H groups in total. The molecule has 0 aromatic heterocycles. The molecule has 1 heterocycles. The van der Waals surface area contributed by atoms with Crippen LogP contribution in [0.1, 0.15) is 163 Å². The molecule has 0 radical (unpaired) electrons. The van der Waals surface area contributed by atoms with E-state index in [2.05, 4.69) is 21.3 Å². The minimum absolute atomic E-state index is 0.0635. The van der Waals surface area contributed by atoms with Crippen LogP contribution in [0.5, 0.6) is 0 Å². The number of thiocarbonyl (C=S) groups is 1. The highest BCUT2D eigenvalue weighted by atomic mass is 32.1. The largest absolute Gasteiger partial charge is 0.367 e. The van der Waals surface area contributed by atoms with Gasteiger partial charge in [0.05, 0.1) is 17.6 Å². The van der Waals surface area contributed by atoms with Gasteiger partial charge < -0.3 is 55.6 Å². The van der Waals surface area contributed by atoms with Crippen LogP contribution in [-0.4, -0.2) is 215 Å². The highest BCUT2D eigenvalue weighted by Crippen LogP contribution is 2.25. The van der Waals surface area contributed by atoms with Crippen LogP contribution < -0.4 is 21.3 Å². The molecular formula is C60H109N11O10S. The normalized spacial score (nSPS) is 26.6. The lowest BCUT2D eigenvalue weighted by Crippen LogP contribution is -2.61. The Kier molecular flexibility index (Phi) is 30.7. The molecule has 1 aliphatic heterocycles. The van der Waals surface area contributed by atoms with Crippen LogP contribution in [-0.2, 0) is 47.9 Å². The summed E-state index contributed by atoms with van der Waals surface area (Å²) in [4.78, 5) is 155. The third-order valence-electron chi connectivity index (χ3n) is 15.4. The summed E-state index contributed by atoms with van der Waals surface area (Å²) in [6.07, 6.45) is 1.77. The van der Waals surface area contributed by atoms with E-state index in [4.69, 9.17) is 12.2 Å². The van der Waals surface area contributed by atoms with Gasteiger partial charge in [0.15, 0.2) is 0 Å². The monoisotopic (exact) mass is 1180 g/mol. The van der Waals surface area contributed by atoms with Crippen molar-refractivity contribution in [2.45, 2.75) is 223 Å². The lowest BCUT2D eigenvalue weighted by molar-refractivity contribution is -0.156. The van der Waals surface area contributed by atoms with Crippen LogP contribution in [0.4, 0.5) is 0 Å². The first-order valence-electron chi connectivity index (χ1n) is 29.8. The summed E-state index contributed by atoms with van der Waals surface area (Å²) in [6.45, 7) is 30.9. The molecule has 0 aliphatic carbocycles. The molecule has 1 fully saturated rings. The van der Waals surface area contributed by atoms with E-state index in [0.717, 1.165) is 0 Å². The summed E-state index contributed by atoms with van der Waals surface area (Å²) in [5.74, 6) is -6.80. The molecule has 0 unspecified atom stereocenters. The summed E-state index contributed by atoms with van der Waals surface area (Å²) in [7, 11) is 10.5. The number of hydrogen-bond donors (Lipinski definition) is 4. The Labute approximate surface area is 498 Å². The number of likely N-dealkylation sites (N-methyl/N-ethyl adjacent to an activating group) is 7.